The van der Waals surface area contributed by atoms with Gasteiger partial charge in [-0.3, -0.25) is 0 Å². The first-order valence-electron chi connectivity index (χ1n) is 6.75. The molecule has 0 rings (SSSR count). The number of hydrogen-bond donors (Lipinski definition) is 0. The van der Waals surface area contributed by atoms with E-state index in [0.717, 1.165) is 28.2 Å². The standard InChI is InChI=1S/C13H30NO2S2.BrH/c1-11(2)14(12(3)4,13(5)6)9-8-10-17-18(7,15)16;/h11-13H,8-10H2,1-7H3;1H/q+1;/p-1. The summed E-state index contributed by atoms with van der Waals surface area (Å²) in [5.74, 6) is 0.699. The van der Waals surface area contributed by atoms with E-state index >= 15 is 0 Å². The fourth-order valence-electron chi connectivity index (χ4n) is 3.11. The molecule has 0 saturated carbocycles. The van der Waals surface area contributed by atoms with Crippen LogP contribution < -0.4 is 17.0 Å². The summed E-state index contributed by atoms with van der Waals surface area (Å²) in [6, 6.07) is 1.69. The second-order valence-corrected chi connectivity index (χ2v) is 10.5. The van der Waals surface area contributed by atoms with E-state index in [1.54, 1.807) is 0 Å². The van der Waals surface area contributed by atoms with Gasteiger partial charge < -0.3 is 21.5 Å². The van der Waals surface area contributed by atoms with Crippen LogP contribution in [-0.4, -0.2) is 49.6 Å². The zero-order valence-electron chi connectivity index (χ0n) is 13.3. The predicted octanol–water partition coefficient (Wildman–Crippen LogP) is 0.115. The van der Waals surface area contributed by atoms with Crippen LogP contribution in [0, 0.1) is 0 Å². The highest BCUT2D eigenvalue weighted by Crippen LogP contribution is 2.26. The van der Waals surface area contributed by atoms with Gasteiger partial charge in [0.05, 0.1) is 24.7 Å². The molecule has 0 aromatic carbocycles. The Morgan fingerprint density at radius 1 is 0.947 bits per heavy atom. The smallest absolute Gasteiger partial charge is 0.198 e. The molecule has 0 atom stereocenters. The van der Waals surface area contributed by atoms with E-state index < -0.39 is 8.87 Å². The summed E-state index contributed by atoms with van der Waals surface area (Å²) in [4.78, 5) is 0. The first-order valence-corrected chi connectivity index (χ1v) is 10.1. The molecule has 0 aliphatic carbocycles. The average Bonchev–Trinajstić information content (AvgIpc) is 2.13. The molecule has 0 saturated heterocycles. The summed E-state index contributed by atoms with van der Waals surface area (Å²) < 4.78 is 23.3. The van der Waals surface area contributed by atoms with Crippen LogP contribution in [0.1, 0.15) is 48.0 Å². The molecule has 3 nitrogen and oxygen atoms in total. The SMILES string of the molecule is CC(C)[N+](CCCSS(C)(=O)=O)(C(C)C)C(C)C.[Br-]. The van der Waals surface area contributed by atoms with Gasteiger partial charge in [0.2, 0.25) is 0 Å². The molecule has 0 amide bonds. The molecule has 0 fully saturated rings. The second-order valence-electron chi connectivity index (χ2n) is 5.88. The lowest BCUT2D eigenvalue weighted by Gasteiger charge is -2.49. The molecule has 0 spiro atoms. The van der Waals surface area contributed by atoms with Crippen LogP contribution in [0.5, 0.6) is 0 Å². The van der Waals surface area contributed by atoms with E-state index in [1.165, 1.54) is 6.26 Å². The van der Waals surface area contributed by atoms with E-state index in [9.17, 15) is 8.42 Å². The van der Waals surface area contributed by atoms with Gasteiger partial charge in [0, 0.05) is 18.4 Å². The van der Waals surface area contributed by atoms with Gasteiger partial charge in [0.25, 0.3) is 0 Å². The van der Waals surface area contributed by atoms with Gasteiger partial charge in [-0.2, -0.15) is 0 Å². The van der Waals surface area contributed by atoms with Crippen molar-refractivity contribution < 1.29 is 29.9 Å². The van der Waals surface area contributed by atoms with Crippen LogP contribution in [0.4, 0.5) is 0 Å². The maximum Gasteiger partial charge on any atom is 0.198 e. The maximum absolute atomic E-state index is 11.1. The van der Waals surface area contributed by atoms with E-state index in [0.29, 0.717) is 23.9 Å². The van der Waals surface area contributed by atoms with Gasteiger partial charge in [-0.1, -0.05) is 0 Å². The van der Waals surface area contributed by atoms with Crippen molar-refractivity contribution in [3.63, 3.8) is 0 Å². The van der Waals surface area contributed by atoms with Crippen LogP contribution >= 0.6 is 10.8 Å². The summed E-state index contributed by atoms with van der Waals surface area (Å²) in [5.41, 5.74) is 0. The molecule has 0 unspecified atom stereocenters. The summed E-state index contributed by atoms with van der Waals surface area (Å²) in [5, 5.41) is 0. The Morgan fingerprint density at radius 3 is 1.58 bits per heavy atom. The van der Waals surface area contributed by atoms with Crippen molar-refractivity contribution in [3.05, 3.63) is 0 Å². The fourth-order valence-corrected chi connectivity index (χ4v) is 4.92. The predicted molar refractivity (Wildman–Crippen MR) is 82.5 cm³/mol. The molecular formula is C13H30BrNO2S2. The van der Waals surface area contributed by atoms with Crippen molar-refractivity contribution in [1.29, 1.82) is 0 Å². The lowest BCUT2D eigenvalue weighted by molar-refractivity contribution is -0.985. The molecule has 118 valence electrons. The van der Waals surface area contributed by atoms with Crippen LogP contribution in [0.3, 0.4) is 0 Å². The Morgan fingerprint density at radius 2 is 1.32 bits per heavy atom. The van der Waals surface area contributed by atoms with Crippen LogP contribution in [0.2, 0.25) is 0 Å². The first kappa shape index (κ1) is 22.0. The summed E-state index contributed by atoms with van der Waals surface area (Å²) in [7, 11) is -1.82. The lowest BCUT2D eigenvalue weighted by atomic mass is 10.0. The minimum absolute atomic E-state index is 0. The quantitative estimate of drug-likeness (QED) is 0.343. The van der Waals surface area contributed by atoms with Crippen molar-refractivity contribution in [3.8, 4) is 0 Å². The topological polar surface area (TPSA) is 34.1 Å². The second kappa shape index (κ2) is 8.90. The molecular weight excluding hydrogens is 346 g/mol. The molecule has 0 N–H and O–H groups in total. The molecule has 0 aliphatic heterocycles. The van der Waals surface area contributed by atoms with E-state index in [4.69, 9.17) is 0 Å². The van der Waals surface area contributed by atoms with Gasteiger partial charge in [-0.05, 0) is 52.3 Å². The van der Waals surface area contributed by atoms with Gasteiger partial charge >= 0.3 is 0 Å². The molecule has 0 bridgehead atoms. The van der Waals surface area contributed by atoms with Crippen molar-refractivity contribution >= 4 is 19.7 Å². The monoisotopic (exact) mass is 375 g/mol. The molecule has 0 aromatic rings. The Bertz CT molecular complexity index is 319. The minimum atomic E-state index is -2.89. The van der Waals surface area contributed by atoms with Gasteiger partial charge in [-0.15, -0.1) is 0 Å². The number of nitrogens with zero attached hydrogens (tertiary/aromatic N) is 1. The Kier molecular flexibility index (Phi) is 10.3. The Hall–Kier alpha value is 0.740. The van der Waals surface area contributed by atoms with Crippen molar-refractivity contribution in [2.45, 2.75) is 66.1 Å². The first-order chi connectivity index (χ1) is 8.04. The summed E-state index contributed by atoms with van der Waals surface area (Å²) in [6.07, 6.45) is 2.24. The zero-order chi connectivity index (χ0) is 14.6. The zero-order valence-corrected chi connectivity index (χ0v) is 16.5. The molecule has 19 heavy (non-hydrogen) atoms. The minimum Gasteiger partial charge on any atom is -1.00 e. The highest BCUT2D eigenvalue weighted by atomic mass is 79.9. The molecule has 0 radical (unpaired) electrons. The summed E-state index contributed by atoms with van der Waals surface area (Å²) >= 11 is 0. The number of quaternary nitrogens is 1. The number of rotatable bonds is 8. The van der Waals surface area contributed by atoms with E-state index in [2.05, 4.69) is 41.5 Å². The van der Waals surface area contributed by atoms with Crippen molar-refractivity contribution in [2.24, 2.45) is 0 Å². The third kappa shape index (κ3) is 6.82. The molecule has 6 heteroatoms. The van der Waals surface area contributed by atoms with Crippen LogP contribution in [-0.2, 0) is 8.87 Å². The Balaban J connectivity index is 0. The van der Waals surface area contributed by atoms with Crippen LogP contribution in [0.25, 0.3) is 0 Å². The maximum atomic E-state index is 11.1. The summed E-state index contributed by atoms with van der Waals surface area (Å²) in [6.45, 7) is 14.7. The van der Waals surface area contributed by atoms with Crippen molar-refractivity contribution in [2.75, 3.05) is 18.6 Å². The van der Waals surface area contributed by atoms with Crippen LogP contribution in [0.15, 0.2) is 0 Å². The van der Waals surface area contributed by atoms with Crippen molar-refractivity contribution in [1.82, 2.24) is 0 Å². The largest absolute Gasteiger partial charge is 1.00 e. The number of halogens is 1. The fraction of sp³-hybridized carbons (Fsp3) is 1.00. The normalized spacial score (nSPS) is 13.2. The molecule has 0 aliphatic rings. The third-order valence-corrected chi connectivity index (χ3v) is 6.54. The highest BCUT2D eigenvalue weighted by molar-refractivity contribution is 8.71. The average molecular weight is 376 g/mol. The number of hydrogen-bond acceptors (Lipinski definition) is 3. The molecule has 0 heterocycles. The Labute approximate surface area is 134 Å². The van der Waals surface area contributed by atoms with Gasteiger partial charge in [0.15, 0.2) is 8.87 Å². The third-order valence-electron chi connectivity index (χ3n) is 3.87. The van der Waals surface area contributed by atoms with Gasteiger partial charge in [0.1, 0.15) is 0 Å². The van der Waals surface area contributed by atoms with E-state index in [1.807, 2.05) is 0 Å². The highest BCUT2D eigenvalue weighted by Gasteiger charge is 2.37. The molecule has 0 aromatic heterocycles. The van der Waals surface area contributed by atoms with Gasteiger partial charge in [-0.25, -0.2) is 8.42 Å². The lowest BCUT2D eigenvalue weighted by Crippen LogP contribution is -3.00. The van der Waals surface area contributed by atoms with E-state index in [-0.39, 0.29) is 17.0 Å².